The Labute approximate surface area is 81.2 Å². The van der Waals surface area contributed by atoms with E-state index in [-0.39, 0.29) is 0 Å². The molecule has 3 nitrogen and oxygen atoms in total. The summed E-state index contributed by atoms with van der Waals surface area (Å²) in [5, 5.41) is 1.96. The van der Waals surface area contributed by atoms with Crippen LogP contribution in [0.1, 0.15) is 6.92 Å². The van der Waals surface area contributed by atoms with Gasteiger partial charge in [-0.3, -0.25) is 0 Å². The Morgan fingerprint density at radius 1 is 1.45 bits per heavy atom. The normalized spacial score (nSPS) is 13.9. The number of nitrogens with zero attached hydrogens (tertiary/aromatic N) is 1. The fourth-order valence-electron chi connectivity index (χ4n) is 0.756. The average Bonchev–Trinajstić information content (AvgIpc) is 2.03. The van der Waals surface area contributed by atoms with Gasteiger partial charge in [0.1, 0.15) is 0 Å². The maximum Gasteiger partial charge on any atom is 0.0470 e. The SMILES string of the molecule is CNN(NC)C(C)CSSS. The van der Waals surface area contributed by atoms with Gasteiger partial charge >= 0.3 is 0 Å². The van der Waals surface area contributed by atoms with Crippen molar-refractivity contribution in [2.75, 3.05) is 19.8 Å². The first-order chi connectivity index (χ1) is 5.26. The van der Waals surface area contributed by atoms with Gasteiger partial charge < -0.3 is 0 Å². The van der Waals surface area contributed by atoms with Crippen LogP contribution in [0.3, 0.4) is 0 Å². The van der Waals surface area contributed by atoms with Gasteiger partial charge in [-0.25, -0.2) is 10.9 Å². The third-order valence-electron chi connectivity index (χ3n) is 1.28. The molecule has 0 rings (SSSR count). The van der Waals surface area contributed by atoms with E-state index in [9.17, 15) is 0 Å². The Hall–Kier alpha value is 0.930. The standard InChI is InChI=1S/C5H15N3S3/c1-5(4-10-11-9)8(6-2)7-3/h5-7,9H,4H2,1-3H3. The van der Waals surface area contributed by atoms with Crippen LogP contribution in [-0.4, -0.2) is 31.0 Å². The summed E-state index contributed by atoms with van der Waals surface area (Å²) < 4.78 is 0. The number of hydrogen-bond acceptors (Lipinski definition) is 6. The van der Waals surface area contributed by atoms with E-state index in [2.05, 4.69) is 29.4 Å². The summed E-state index contributed by atoms with van der Waals surface area (Å²) in [6.45, 7) is 2.14. The molecular formula is C5H15N3S3. The van der Waals surface area contributed by atoms with Crippen molar-refractivity contribution in [3.05, 3.63) is 0 Å². The zero-order valence-corrected chi connectivity index (χ0v) is 9.52. The van der Waals surface area contributed by atoms with E-state index < -0.39 is 0 Å². The van der Waals surface area contributed by atoms with Crippen LogP contribution >= 0.6 is 32.3 Å². The van der Waals surface area contributed by atoms with Crippen LogP contribution in [0.15, 0.2) is 0 Å². The quantitative estimate of drug-likeness (QED) is 0.350. The van der Waals surface area contributed by atoms with Crippen molar-refractivity contribution in [3.63, 3.8) is 0 Å². The summed E-state index contributed by atoms with van der Waals surface area (Å²) in [6, 6.07) is 0.453. The fraction of sp³-hybridized carbons (Fsp3) is 1.00. The van der Waals surface area contributed by atoms with Crippen LogP contribution in [-0.2, 0) is 0 Å². The molecule has 68 valence electrons. The molecule has 0 saturated carbocycles. The van der Waals surface area contributed by atoms with Crippen LogP contribution in [0, 0.1) is 0 Å². The van der Waals surface area contributed by atoms with Gasteiger partial charge in [0.15, 0.2) is 0 Å². The molecule has 0 aromatic carbocycles. The lowest BCUT2D eigenvalue weighted by molar-refractivity contribution is 0.105. The topological polar surface area (TPSA) is 27.3 Å². The number of hydrogen-bond donors (Lipinski definition) is 3. The Balaban J connectivity index is 3.51. The Morgan fingerprint density at radius 3 is 2.36 bits per heavy atom. The van der Waals surface area contributed by atoms with Gasteiger partial charge in [-0.15, -0.1) is 0 Å². The summed E-state index contributed by atoms with van der Waals surface area (Å²) in [4.78, 5) is 0. The minimum absolute atomic E-state index is 0.453. The second-order valence-electron chi connectivity index (χ2n) is 2.03. The highest BCUT2D eigenvalue weighted by Gasteiger charge is 2.08. The van der Waals surface area contributed by atoms with E-state index in [0.29, 0.717) is 6.04 Å². The molecule has 0 aliphatic carbocycles. The monoisotopic (exact) mass is 213 g/mol. The van der Waals surface area contributed by atoms with Crippen molar-refractivity contribution in [2.45, 2.75) is 13.0 Å². The Bertz CT molecular complexity index is 89.0. The zero-order chi connectivity index (χ0) is 8.69. The summed E-state index contributed by atoms with van der Waals surface area (Å²) in [7, 11) is 7.02. The molecule has 0 aliphatic rings. The lowest BCUT2D eigenvalue weighted by Crippen LogP contribution is -2.50. The zero-order valence-electron chi connectivity index (χ0n) is 7.00. The third-order valence-corrected chi connectivity index (χ3v) is 3.68. The van der Waals surface area contributed by atoms with Crippen molar-refractivity contribution in [2.24, 2.45) is 0 Å². The van der Waals surface area contributed by atoms with Crippen molar-refractivity contribution in [3.8, 4) is 0 Å². The smallest absolute Gasteiger partial charge is 0.0470 e. The number of hydrazine groups is 2. The first kappa shape index (κ1) is 11.9. The second kappa shape index (κ2) is 7.57. The van der Waals surface area contributed by atoms with Gasteiger partial charge in [0.25, 0.3) is 0 Å². The molecule has 11 heavy (non-hydrogen) atoms. The van der Waals surface area contributed by atoms with Gasteiger partial charge in [0.2, 0.25) is 0 Å². The van der Waals surface area contributed by atoms with Crippen molar-refractivity contribution >= 4 is 32.3 Å². The maximum absolute atomic E-state index is 4.04. The van der Waals surface area contributed by atoms with Crippen LogP contribution in [0.25, 0.3) is 0 Å². The molecule has 0 bridgehead atoms. The minimum Gasteiger partial charge on any atom is -0.244 e. The Kier molecular flexibility index (Phi) is 8.21. The van der Waals surface area contributed by atoms with Gasteiger partial charge in [-0.2, -0.15) is 5.12 Å². The molecular weight excluding hydrogens is 198 g/mol. The summed E-state index contributed by atoms with van der Waals surface area (Å²) in [5.74, 6) is 1.04. The molecule has 0 fully saturated rings. The minimum atomic E-state index is 0.453. The van der Waals surface area contributed by atoms with E-state index >= 15 is 0 Å². The van der Waals surface area contributed by atoms with Gasteiger partial charge in [0, 0.05) is 25.9 Å². The van der Waals surface area contributed by atoms with Crippen molar-refractivity contribution in [1.29, 1.82) is 0 Å². The van der Waals surface area contributed by atoms with E-state index in [4.69, 9.17) is 0 Å². The fourth-order valence-corrected chi connectivity index (χ4v) is 2.48. The summed E-state index contributed by atoms with van der Waals surface area (Å²) in [6.07, 6.45) is 0. The first-order valence-corrected chi connectivity index (χ1v) is 6.70. The Morgan fingerprint density at radius 2 is 2.00 bits per heavy atom. The largest absolute Gasteiger partial charge is 0.244 e. The molecule has 0 aromatic heterocycles. The highest BCUT2D eigenvalue weighted by atomic mass is 33.5. The van der Waals surface area contributed by atoms with E-state index in [1.54, 1.807) is 10.8 Å². The van der Waals surface area contributed by atoms with E-state index in [1.165, 1.54) is 9.83 Å². The third kappa shape index (κ3) is 5.21. The average molecular weight is 213 g/mol. The molecule has 0 aromatic rings. The van der Waals surface area contributed by atoms with E-state index in [1.807, 2.05) is 19.2 Å². The van der Waals surface area contributed by atoms with Crippen LogP contribution in [0.2, 0.25) is 0 Å². The molecule has 2 N–H and O–H groups in total. The van der Waals surface area contributed by atoms with Crippen molar-refractivity contribution in [1.82, 2.24) is 16.0 Å². The number of rotatable bonds is 6. The molecule has 0 saturated heterocycles. The predicted octanol–water partition coefficient (Wildman–Crippen LogP) is 1.17. The van der Waals surface area contributed by atoms with Crippen LogP contribution in [0.4, 0.5) is 0 Å². The summed E-state index contributed by atoms with van der Waals surface area (Å²) in [5.41, 5.74) is 6.07. The molecule has 0 heterocycles. The molecule has 6 heteroatoms. The molecule has 0 aliphatic heterocycles. The lowest BCUT2D eigenvalue weighted by Gasteiger charge is -2.25. The maximum atomic E-state index is 4.04. The highest BCUT2D eigenvalue weighted by Crippen LogP contribution is 2.25. The predicted molar refractivity (Wildman–Crippen MR) is 58.5 cm³/mol. The highest BCUT2D eigenvalue weighted by molar-refractivity contribution is 9.05. The molecule has 1 unspecified atom stereocenters. The molecule has 0 radical (unpaired) electrons. The van der Waals surface area contributed by atoms with Crippen molar-refractivity contribution < 1.29 is 0 Å². The molecule has 0 spiro atoms. The first-order valence-electron chi connectivity index (χ1n) is 3.33. The molecule has 1 atom stereocenters. The molecule has 0 amide bonds. The van der Waals surface area contributed by atoms with Gasteiger partial charge in [-0.1, -0.05) is 22.5 Å². The van der Waals surface area contributed by atoms with E-state index in [0.717, 1.165) is 5.75 Å². The number of thiol groups is 1. The lowest BCUT2D eigenvalue weighted by atomic mass is 10.4. The van der Waals surface area contributed by atoms with Gasteiger partial charge in [0.05, 0.1) is 0 Å². The number of nitrogens with one attached hydrogen (secondary N) is 2. The second-order valence-corrected chi connectivity index (χ2v) is 5.24. The van der Waals surface area contributed by atoms with Gasteiger partial charge in [-0.05, 0) is 16.7 Å². The van der Waals surface area contributed by atoms with Crippen LogP contribution < -0.4 is 10.9 Å². The summed E-state index contributed by atoms with van der Waals surface area (Å²) >= 11 is 4.04. The van der Waals surface area contributed by atoms with Crippen LogP contribution in [0.5, 0.6) is 0 Å².